The standard InChI is InChI=1S/C26H24F6N6O2/c27-17-8-20(38(13-17)21(39)9-19-23(26(30,31)32)36-37-35-19)24(40)34-22(14-4-2-1-3-5-14)18-7-6-15(12-33-18)16-10-25(28,29)11-16/h1-7,12,16-17,20,22H,8-11,13H2,(H,34,40)(H,35,36,37). The van der Waals surface area contributed by atoms with Crippen LogP contribution in [0.15, 0.2) is 48.7 Å². The maximum Gasteiger partial charge on any atom is 0.437 e. The van der Waals surface area contributed by atoms with E-state index < -0.39 is 66.5 Å². The molecule has 14 heteroatoms. The van der Waals surface area contributed by atoms with Gasteiger partial charge in [-0.1, -0.05) is 36.4 Å². The van der Waals surface area contributed by atoms with Gasteiger partial charge in [0.2, 0.25) is 17.7 Å². The van der Waals surface area contributed by atoms with Crippen molar-refractivity contribution in [1.82, 2.24) is 30.6 Å². The maximum atomic E-state index is 14.4. The lowest BCUT2D eigenvalue weighted by molar-refractivity contribution is -0.143. The largest absolute Gasteiger partial charge is 0.437 e. The van der Waals surface area contributed by atoms with Crippen LogP contribution in [-0.4, -0.2) is 61.8 Å². The summed E-state index contributed by atoms with van der Waals surface area (Å²) < 4.78 is 80.5. The molecule has 1 aliphatic heterocycles. The Bertz CT molecular complexity index is 1360. The van der Waals surface area contributed by atoms with Gasteiger partial charge in [-0.25, -0.2) is 13.2 Å². The minimum absolute atomic E-state index is 0.262. The lowest BCUT2D eigenvalue weighted by Crippen LogP contribution is -2.47. The third-order valence-corrected chi connectivity index (χ3v) is 7.17. The van der Waals surface area contributed by atoms with Gasteiger partial charge in [-0.05, 0) is 23.1 Å². The summed E-state index contributed by atoms with van der Waals surface area (Å²) in [7, 11) is 0. The molecule has 1 aromatic carbocycles. The zero-order valence-corrected chi connectivity index (χ0v) is 20.8. The van der Waals surface area contributed by atoms with Gasteiger partial charge in [0, 0.05) is 25.5 Å². The van der Waals surface area contributed by atoms with Crippen LogP contribution in [-0.2, 0) is 22.2 Å². The fourth-order valence-corrected chi connectivity index (χ4v) is 5.09. The number of nitrogens with one attached hydrogen (secondary N) is 2. The summed E-state index contributed by atoms with van der Waals surface area (Å²) in [5, 5.41) is 11.1. The first-order valence-electron chi connectivity index (χ1n) is 12.5. The van der Waals surface area contributed by atoms with E-state index in [2.05, 4.69) is 20.5 Å². The Morgan fingerprint density at radius 3 is 2.45 bits per heavy atom. The SMILES string of the molecule is O=C(NC(c1ccccc1)c1ccc(C2CC(F)(F)C2)cn1)C1CC(F)CN1C(=O)Cc1n[nH]nc1C(F)(F)F. The molecule has 212 valence electrons. The lowest BCUT2D eigenvalue weighted by Gasteiger charge is -2.35. The van der Waals surface area contributed by atoms with Gasteiger partial charge >= 0.3 is 6.18 Å². The first-order valence-corrected chi connectivity index (χ1v) is 12.5. The molecule has 2 aromatic heterocycles. The van der Waals surface area contributed by atoms with Crippen molar-refractivity contribution in [1.29, 1.82) is 0 Å². The minimum atomic E-state index is -4.85. The highest BCUT2D eigenvalue weighted by atomic mass is 19.4. The third kappa shape index (κ3) is 5.80. The van der Waals surface area contributed by atoms with Gasteiger partial charge in [-0.2, -0.15) is 28.6 Å². The van der Waals surface area contributed by atoms with Crippen LogP contribution < -0.4 is 5.32 Å². The summed E-state index contributed by atoms with van der Waals surface area (Å²) in [4.78, 5) is 31.6. The van der Waals surface area contributed by atoms with E-state index >= 15 is 0 Å². The van der Waals surface area contributed by atoms with Crippen LogP contribution in [0.2, 0.25) is 0 Å². The zero-order chi connectivity index (χ0) is 28.7. The van der Waals surface area contributed by atoms with Crippen molar-refractivity contribution in [2.45, 2.75) is 62.0 Å². The summed E-state index contributed by atoms with van der Waals surface area (Å²) in [6.07, 6.45) is -6.62. The molecule has 8 nitrogen and oxygen atoms in total. The Hall–Kier alpha value is -3.97. The molecule has 1 saturated heterocycles. The highest BCUT2D eigenvalue weighted by Crippen LogP contribution is 2.48. The molecule has 3 unspecified atom stereocenters. The second-order valence-corrected chi connectivity index (χ2v) is 10.0. The topological polar surface area (TPSA) is 104 Å². The predicted molar refractivity (Wildman–Crippen MR) is 128 cm³/mol. The van der Waals surface area contributed by atoms with E-state index in [0.29, 0.717) is 16.8 Å². The smallest absolute Gasteiger partial charge is 0.342 e. The summed E-state index contributed by atoms with van der Waals surface area (Å²) in [5.74, 6) is -4.63. The Kier molecular flexibility index (Phi) is 7.27. The number of carbonyl (C=O) groups is 2. The molecule has 2 N–H and O–H groups in total. The van der Waals surface area contributed by atoms with E-state index in [1.54, 1.807) is 42.5 Å². The van der Waals surface area contributed by atoms with E-state index in [9.17, 15) is 35.9 Å². The van der Waals surface area contributed by atoms with Crippen LogP contribution in [0.4, 0.5) is 26.3 Å². The van der Waals surface area contributed by atoms with Crippen molar-refractivity contribution < 1.29 is 35.9 Å². The molecule has 0 spiro atoms. The summed E-state index contributed by atoms with van der Waals surface area (Å²) in [5.41, 5.74) is -0.362. The van der Waals surface area contributed by atoms with Crippen molar-refractivity contribution in [3.05, 3.63) is 76.9 Å². The normalized spacial score (nSPS) is 21.6. The molecule has 2 amide bonds. The van der Waals surface area contributed by atoms with Gasteiger partial charge in [-0.3, -0.25) is 14.6 Å². The molecule has 40 heavy (non-hydrogen) atoms. The number of pyridine rings is 1. The summed E-state index contributed by atoms with van der Waals surface area (Å²) in [6.45, 7) is -0.467. The quantitative estimate of drug-likeness (QED) is 0.419. The fraction of sp³-hybridized carbons (Fsp3) is 0.423. The lowest BCUT2D eigenvalue weighted by atomic mass is 9.77. The number of halogens is 6. The van der Waals surface area contributed by atoms with E-state index in [1.807, 2.05) is 5.21 Å². The van der Waals surface area contributed by atoms with Gasteiger partial charge in [0.15, 0.2) is 5.69 Å². The molecule has 3 heterocycles. The first-order chi connectivity index (χ1) is 18.9. The molecule has 3 aromatic rings. The number of hydrogen-bond donors (Lipinski definition) is 2. The van der Waals surface area contributed by atoms with Crippen LogP contribution in [0.25, 0.3) is 0 Å². The first kappa shape index (κ1) is 27.6. The molecule has 0 radical (unpaired) electrons. The van der Waals surface area contributed by atoms with Crippen molar-refractivity contribution in [3.63, 3.8) is 0 Å². The number of likely N-dealkylation sites (tertiary alicyclic amines) is 1. The van der Waals surface area contributed by atoms with Gasteiger partial charge in [0.25, 0.3) is 0 Å². The Morgan fingerprint density at radius 1 is 1.10 bits per heavy atom. The number of carbonyl (C=O) groups excluding carboxylic acids is 2. The Morgan fingerprint density at radius 2 is 1.82 bits per heavy atom. The number of rotatable bonds is 7. The second-order valence-electron chi connectivity index (χ2n) is 10.0. The summed E-state index contributed by atoms with van der Waals surface area (Å²) in [6, 6.07) is 9.86. The molecule has 1 aliphatic carbocycles. The van der Waals surface area contributed by atoms with Crippen LogP contribution >= 0.6 is 0 Å². The van der Waals surface area contributed by atoms with Gasteiger partial charge < -0.3 is 10.2 Å². The molecule has 0 bridgehead atoms. The summed E-state index contributed by atoms with van der Waals surface area (Å²) >= 11 is 0. The number of H-pyrrole nitrogens is 1. The van der Waals surface area contributed by atoms with Crippen LogP contribution in [0.3, 0.4) is 0 Å². The highest BCUT2D eigenvalue weighted by Gasteiger charge is 2.46. The minimum Gasteiger partial charge on any atom is -0.342 e. The molecular formula is C26H24F6N6O2. The van der Waals surface area contributed by atoms with E-state index in [0.717, 1.165) is 4.90 Å². The van der Waals surface area contributed by atoms with E-state index in [-0.39, 0.29) is 25.2 Å². The van der Waals surface area contributed by atoms with E-state index in [1.165, 1.54) is 6.20 Å². The van der Waals surface area contributed by atoms with Gasteiger partial charge in [0.05, 0.1) is 24.7 Å². The van der Waals surface area contributed by atoms with Crippen molar-refractivity contribution >= 4 is 11.8 Å². The molecule has 1 saturated carbocycles. The van der Waals surface area contributed by atoms with Crippen LogP contribution in [0.5, 0.6) is 0 Å². The maximum absolute atomic E-state index is 14.4. The van der Waals surface area contributed by atoms with Crippen LogP contribution in [0.1, 0.15) is 59.4 Å². The number of alkyl halides is 6. The number of hydrogen-bond acceptors (Lipinski definition) is 5. The third-order valence-electron chi connectivity index (χ3n) is 7.17. The Labute approximate surface area is 224 Å². The molecule has 2 aliphatic rings. The van der Waals surface area contributed by atoms with Gasteiger partial charge in [0.1, 0.15) is 17.9 Å². The second kappa shape index (κ2) is 10.5. The number of nitrogens with zero attached hydrogens (tertiary/aromatic N) is 4. The van der Waals surface area contributed by atoms with E-state index in [4.69, 9.17) is 0 Å². The molecule has 2 fully saturated rings. The molecular weight excluding hydrogens is 542 g/mol. The highest BCUT2D eigenvalue weighted by molar-refractivity contribution is 5.89. The van der Waals surface area contributed by atoms with Gasteiger partial charge in [-0.15, -0.1) is 0 Å². The van der Waals surface area contributed by atoms with Crippen molar-refractivity contribution in [2.75, 3.05) is 6.54 Å². The molecule has 5 rings (SSSR count). The fourth-order valence-electron chi connectivity index (χ4n) is 5.09. The van der Waals surface area contributed by atoms with Crippen LogP contribution in [0, 0.1) is 0 Å². The average Bonchev–Trinajstić information content (AvgIpc) is 3.53. The zero-order valence-electron chi connectivity index (χ0n) is 20.8. The number of aromatic nitrogens is 4. The average molecular weight is 567 g/mol. The number of benzene rings is 1. The predicted octanol–water partition coefficient (Wildman–Crippen LogP) is 4.12. The van der Waals surface area contributed by atoms with Crippen molar-refractivity contribution in [3.8, 4) is 0 Å². The monoisotopic (exact) mass is 566 g/mol. The molecule has 3 atom stereocenters. The number of aromatic amines is 1. The Balaban J connectivity index is 1.34. The number of amides is 2. The van der Waals surface area contributed by atoms with Crippen molar-refractivity contribution in [2.24, 2.45) is 0 Å².